The lowest BCUT2D eigenvalue weighted by Gasteiger charge is -2.21. The van der Waals surface area contributed by atoms with E-state index in [0.717, 1.165) is 12.8 Å². The molecule has 0 aromatic rings. The van der Waals surface area contributed by atoms with E-state index in [1.54, 1.807) is 0 Å². The number of amidine groups is 2. The molecule has 0 aromatic heterocycles. The second-order valence-corrected chi connectivity index (χ2v) is 3.38. The van der Waals surface area contributed by atoms with Crippen LogP contribution in [0.15, 0.2) is 15.0 Å². The van der Waals surface area contributed by atoms with Crippen molar-refractivity contribution in [2.45, 2.75) is 25.8 Å². The second kappa shape index (κ2) is 4.20. The van der Waals surface area contributed by atoms with Gasteiger partial charge in [0.1, 0.15) is 18.0 Å². The smallest absolute Gasteiger partial charge is 0.294 e. The van der Waals surface area contributed by atoms with Crippen LogP contribution in [-0.4, -0.2) is 36.6 Å². The fourth-order valence-corrected chi connectivity index (χ4v) is 1.42. The lowest BCUT2D eigenvalue weighted by molar-refractivity contribution is 0.248. The Labute approximate surface area is 87.6 Å². The van der Waals surface area contributed by atoms with Crippen LogP contribution in [0.4, 0.5) is 4.79 Å². The van der Waals surface area contributed by atoms with Gasteiger partial charge in [-0.15, -0.1) is 0 Å². The molecular formula is C9H13N5O. The van der Waals surface area contributed by atoms with Crippen LogP contribution in [0.3, 0.4) is 0 Å². The number of unbranched alkanes of at least 4 members (excludes halogenated alkanes) is 1. The van der Waals surface area contributed by atoms with Crippen molar-refractivity contribution in [2.75, 3.05) is 6.54 Å². The lowest BCUT2D eigenvalue weighted by atomic mass is 10.2. The van der Waals surface area contributed by atoms with Gasteiger partial charge in [-0.05, 0) is 6.42 Å². The topological polar surface area (TPSA) is 78.2 Å². The van der Waals surface area contributed by atoms with E-state index in [4.69, 9.17) is 0 Å². The molecular weight excluding hydrogens is 194 g/mol. The molecule has 1 fully saturated rings. The van der Waals surface area contributed by atoms with Crippen molar-refractivity contribution >= 4 is 24.0 Å². The molecule has 6 heteroatoms. The summed E-state index contributed by atoms with van der Waals surface area (Å²) in [6.07, 6.45) is 3.54. The van der Waals surface area contributed by atoms with Crippen LogP contribution < -0.4 is 10.6 Å². The van der Waals surface area contributed by atoms with E-state index in [2.05, 4.69) is 32.5 Å². The van der Waals surface area contributed by atoms with Crippen molar-refractivity contribution in [3.8, 4) is 0 Å². The summed E-state index contributed by atoms with van der Waals surface area (Å²) in [5.41, 5.74) is 0. The summed E-state index contributed by atoms with van der Waals surface area (Å²) in [6.45, 7) is 2.81. The van der Waals surface area contributed by atoms with Crippen LogP contribution in [0.1, 0.15) is 19.8 Å². The van der Waals surface area contributed by atoms with Crippen LogP contribution >= 0.6 is 0 Å². The molecule has 6 nitrogen and oxygen atoms in total. The number of rotatable bonds is 3. The minimum absolute atomic E-state index is 0.237. The minimum Gasteiger partial charge on any atom is -0.294 e. The second-order valence-electron chi connectivity index (χ2n) is 3.38. The molecule has 1 unspecified atom stereocenters. The van der Waals surface area contributed by atoms with Crippen molar-refractivity contribution in [1.29, 1.82) is 0 Å². The van der Waals surface area contributed by atoms with Gasteiger partial charge in [-0.3, -0.25) is 20.6 Å². The number of amides is 2. The van der Waals surface area contributed by atoms with Gasteiger partial charge in [0.2, 0.25) is 0 Å². The first-order valence-corrected chi connectivity index (χ1v) is 5.03. The van der Waals surface area contributed by atoms with Gasteiger partial charge in [0.05, 0.1) is 0 Å². The van der Waals surface area contributed by atoms with Crippen molar-refractivity contribution in [2.24, 2.45) is 15.0 Å². The number of fused-ring (bicyclic) bond motifs is 1. The number of aliphatic imine (C=N–C) groups is 3. The Morgan fingerprint density at radius 1 is 1.53 bits per heavy atom. The van der Waals surface area contributed by atoms with Gasteiger partial charge in [0, 0.05) is 6.54 Å². The average Bonchev–Trinajstić information content (AvgIpc) is 2.65. The summed E-state index contributed by atoms with van der Waals surface area (Å²) < 4.78 is 0. The summed E-state index contributed by atoms with van der Waals surface area (Å²) in [4.78, 5) is 23.6. The van der Waals surface area contributed by atoms with Gasteiger partial charge >= 0.3 is 6.03 Å². The number of hydrogen-bond acceptors (Lipinski definition) is 4. The van der Waals surface area contributed by atoms with Crippen LogP contribution in [-0.2, 0) is 0 Å². The zero-order chi connectivity index (χ0) is 10.7. The molecule has 2 heterocycles. The van der Waals surface area contributed by atoms with E-state index < -0.39 is 0 Å². The quantitative estimate of drug-likeness (QED) is 0.642. The molecule has 2 aliphatic rings. The monoisotopic (exact) mass is 207 g/mol. The molecule has 0 aliphatic carbocycles. The van der Waals surface area contributed by atoms with Crippen LogP contribution in [0.2, 0.25) is 0 Å². The van der Waals surface area contributed by atoms with E-state index in [1.165, 1.54) is 6.34 Å². The number of nitrogens with zero attached hydrogens (tertiary/aromatic N) is 3. The molecule has 1 atom stereocenters. The zero-order valence-corrected chi connectivity index (χ0v) is 8.53. The van der Waals surface area contributed by atoms with Gasteiger partial charge in [0.25, 0.3) is 0 Å². The predicted octanol–water partition coefficient (Wildman–Crippen LogP) is 0.307. The van der Waals surface area contributed by atoms with E-state index in [9.17, 15) is 4.79 Å². The molecule has 1 saturated heterocycles. The summed E-state index contributed by atoms with van der Waals surface area (Å²) in [5, 5.41) is 5.24. The van der Waals surface area contributed by atoms with Gasteiger partial charge in [-0.25, -0.2) is 9.79 Å². The Hall–Kier alpha value is -1.72. The number of nitrogens with one attached hydrogen (secondary N) is 2. The van der Waals surface area contributed by atoms with Crippen molar-refractivity contribution < 1.29 is 4.79 Å². The molecule has 2 N–H and O–H groups in total. The third kappa shape index (κ3) is 2.03. The maximum atomic E-state index is 11.2. The Bertz CT molecular complexity index is 358. The summed E-state index contributed by atoms with van der Waals surface area (Å²) in [6, 6.07) is -0.523. The standard InChI is InChI=1S/C9H13N5O/c1-2-3-4-10-7-6-8(12-5-11-6)14-9(15)13-7/h5-6H,2-4H2,1H3,(H2,10,11,12,13,14,15). The molecule has 80 valence electrons. The largest absolute Gasteiger partial charge is 0.325 e. The van der Waals surface area contributed by atoms with E-state index in [-0.39, 0.29) is 12.1 Å². The highest BCUT2D eigenvalue weighted by Crippen LogP contribution is 2.05. The SMILES string of the molecule is CCCCN=C1NC(=O)NC2=NC=NC21. The van der Waals surface area contributed by atoms with Crippen molar-refractivity contribution in [1.82, 2.24) is 10.6 Å². The first-order valence-electron chi connectivity index (χ1n) is 5.03. The third-order valence-corrected chi connectivity index (χ3v) is 2.21. The fourth-order valence-electron chi connectivity index (χ4n) is 1.42. The maximum absolute atomic E-state index is 11.2. The number of carbonyl (C=O) groups is 1. The minimum atomic E-state index is -0.286. The van der Waals surface area contributed by atoms with E-state index >= 15 is 0 Å². The molecule has 2 aliphatic heterocycles. The highest BCUT2D eigenvalue weighted by atomic mass is 16.2. The van der Waals surface area contributed by atoms with Crippen molar-refractivity contribution in [3.63, 3.8) is 0 Å². The molecule has 2 rings (SSSR count). The number of hydrogen-bond donors (Lipinski definition) is 2. The Morgan fingerprint density at radius 3 is 3.20 bits per heavy atom. The van der Waals surface area contributed by atoms with Gasteiger partial charge in [-0.2, -0.15) is 0 Å². The fraction of sp³-hybridized carbons (Fsp3) is 0.556. The van der Waals surface area contributed by atoms with Crippen molar-refractivity contribution in [3.05, 3.63) is 0 Å². The molecule has 2 amide bonds. The lowest BCUT2D eigenvalue weighted by Crippen LogP contribution is -2.57. The summed E-state index contributed by atoms with van der Waals surface area (Å²) in [7, 11) is 0. The predicted molar refractivity (Wildman–Crippen MR) is 58.6 cm³/mol. The zero-order valence-electron chi connectivity index (χ0n) is 8.53. The van der Waals surface area contributed by atoms with Gasteiger partial charge < -0.3 is 0 Å². The first-order chi connectivity index (χ1) is 7.31. The normalized spacial score (nSPS) is 25.9. The molecule has 0 bridgehead atoms. The van der Waals surface area contributed by atoms with E-state index in [1.807, 2.05) is 0 Å². The first kappa shape index (κ1) is 9.82. The van der Waals surface area contributed by atoms with Crippen LogP contribution in [0.5, 0.6) is 0 Å². The third-order valence-electron chi connectivity index (χ3n) is 2.21. The molecule has 0 radical (unpaired) electrons. The Morgan fingerprint density at radius 2 is 2.40 bits per heavy atom. The highest BCUT2D eigenvalue weighted by Gasteiger charge is 2.31. The average molecular weight is 207 g/mol. The van der Waals surface area contributed by atoms with Crippen LogP contribution in [0.25, 0.3) is 0 Å². The summed E-state index contributed by atoms with van der Waals surface area (Å²) >= 11 is 0. The maximum Gasteiger partial charge on any atom is 0.325 e. The number of carbonyl (C=O) groups excluding carboxylic acids is 1. The van der Waals surface area contributed by atoms with E-state index in [0.29, 0.717) is 18.2 Å². The molecule has 0 aromatic carbocycles. The van der Waals surface area contributed by atoms with Crippen LogP contribution in [0, 0.1) is 0 Å². The molecule has 0 spiro atoms. The number of urea groups is 1. The highest BCUT2D eigenvalue weighted by molar-refractivity contribution is 6.25. The Kier molecular flexibility index (Phi) is 2.75. The van der Waals surface area contributed by atoms with Gasteiger partial charge in [0.15, 0.2) is 6.04 Å². The Balaban J connectivity index is 2.09. The van der Waals surface area contributed by atoms with Gasteiger partial charge in [-0.1, -0.05) is 13.3 Å². The molecule has 0 saturated carbocycles. The molecule has 15 heavy (non-hydrogen) atoms. The summed E-state index contributed by atoms with van der Waals surface area (Å²) in [5.74, 6) is 1.16.